The zero-order valence-corrected chi connectivity index (χ0v) is 22.0. The molecule has 1 heterocycles. The first-order valence-corrected chi connectivity index (χ1v) is 13.8. The first-order chi connectivity index (χ1) is 19.3. The van der Waals surface area contributed by atoms with Crippen LogP contribution in [0.25, 0.3) is 42.4 Å². The van der Waals surface area contributed by atoms with Gasteiger partial charge in [-0.3, -0.25) is 0 Å². The number of fused-ring (bicyclic) bond motifs is 3. The molecule has 0 amide bonds. The average molecular weight is 520 g/mol. The highest BCUT2D eigenvalue weighted by Crippen LogP contribution is 2.49. The van der Waals surface area contributed by atoms with Crippen molar-refractivity contribution in [2.24, 2.45) is 0 Å². The summed E-state index contributed by atoms with van der Waals surface area (Å²) in [4.78, 5) is 2.24. The Balaban J connectivity index is 1.40. The Morgan fingerprint density at radius 2 is 1.03 bits per heavy atom. The van der Waals surface area contributed by atoms with E-state index in [1.165, 1.54) is 15.5 Å². The summed E-state index contributed by atoms with van der Waals surface area (Å²) >= 11 is 1.74. The standard InChI is InChI=1S/C36H25NOS/c38-35-31(24-32-30-18-10-11-19-33(30)39-36(32)34(35)26-12-4-1-5-13-26)25-20-22-29(23-21-25)37(27-14-6-2-7-15-27)28-16-8-3-9-17-28/h1-24,38H. The Hall–Kier alpha value is -4.86. The van der Waals surface area contributed by atoms with Gasteiger partial charge in [0.2, 0.25) is 0 Å². The second-order valence-corrected chi connectivity index (χ2v) is 10.6. The van der Waals surface area contributed by atoms with Crippen molar-refractivity contribution in [3.05, 3.63) is 146 Å². The van der Waals surface area contributed by atoms with Gasteiger partial charge in [-0.25, -0.2) is 0 Å². The minimum Gasteiger partial charge on any atom is -0.507 e. The van der Waals surface area contributed by atoms with Gasteiger partial charge >= 0.3 is 0 Å². The van der Waals surface area contributed by atoms with Gasteiger partial charge in [-0.1, -0.05) is 97.1 Å². The van der Waals surface area contributed by atoms with Crippen LogP contribution in [0.15, 0.2) is 146 Å². The van der Waals surface area contributed by atoms with Gasteiger partial charge in [0.05, 0.1) is 0 Å². The molecule has 186 valence electrons. The molecular weight excluding hydrogens is 494 g/mol. The van der Waals surface area contributed by atoms with Crippen molar-refractivity contribution in [1.82, 2.24) is 0 Å². The van der Waals surface area contributed by atoms with Gasteiger partial charge in [-0.15, -0.1) is 11.3 Å². The van der Waals surface area contributed by atoms with E-state index in [9.17, 15) is 5.11 Å². The first-order valence-electron chi connectivity index (χ1n) is 13.0. The Morgan fingerprint density at radius 1 is 0.487 bits per heavy atom. The quantitative estimate of drug-likeness (QED) is 0.244. The molecule has 0 unspecified atom stereocenters. The second kappa shape index (κ2) is 9.79. The molecule has 7 rings (SSSR count). The summed E-state index contributed by atoms with van der Waals surface area (Å²) in [5.74, 6) is 0.316. The second-order valence-electron chi connectivity index (χ2n) is 9.54. The number of phenolic OH excluding ortho intramolecular Hbond substituents is 1. The molecule has 0 aliphatic heterocycles. The fraction of sp³-hybridized carbons (Fsp3) is 0. The molecule has 2 nitrogen and oxygen atoms in total. The van der Waals surface area contributed by atoms with E-state index in [0.29, 0.717) is 5.75 Å². The number of para-hydroxylation sites is 2. The number of nitrogens with zero attached hydrogens (tertiary/aromatic N) is 1. The van der Waals surface area contributed by atoms with Crippen molar-refractivity contribution >= 4 is 48.6 Å². The predicted octanol–water partition coefficient (Wildman–Crippen LogP) is 10.6. The molecule has 0 bridgehead atoms. The maximum atomic E-state index is 11.7. The van der Waals surface area contributed by atoms with Crippen molar-refractivity contribution < 1.29 is 5.11 Å². The third-order valence-corrected chi connectivity index (χ3v) is 8.37. The van der Waals surface area contributed by atoms with Crippen LogP contribution in [-0.4, -0.2) is 5.11 Å². The Labute approximate surface area is 231 Å². The van der Waals surface area contributed by atoms with Crippen LogP contribution in [0.2, 0.25) is 0 Å². The lowest BCUT2D eigenvalue weighted by Crippen LogP contribution is -2.09. The summed E-state index contributed by atoms with van der Waals surface area (Å²) in [5, 5.41) is 14.1. The number of rotatable bonds is 5. The van der Waals surface area contributed by atoms with E-state index in [4.69, 9.17) is 0 Å². The highest BCUT2D eigenvalue weighted by atomic mass is 32.1. The fourth-order valence-electron chi connectivity index (χ4n) is 5.33. The van der Waals surface area contributed by atoms with E-state index in [-0.39, 0.29) is 0 Å². The number of hydrogen-bond donors (Lipinski definition) is 1. The van der Waals surface area contributed by atoms with Crippen LogP contribution >= 0.6 is 11.3 Å². The molecule has 6 aromatic carbocycles. The van der Waals surface area contributed by atoms with Gasteiger partial charge < -0.3 is 10.0 Å². The van der Waals surface area contributed by atoms with Gasteiger partial charge in [0.25, 0.3) is 0 Å². The largest absolute Gasteiger partial charge is 0.507 e. The van der Waals surface area contributed by atoms with Gasteiger partial charge in [-0.05, 0) is 59.7 Å². The Morgan fingerprint density at radius 3 is 1.67 bits per heavy atom. The van der Waals surface area contributed by atoms with Crippen LogP contribution in [0.3, 0.4) is 0 Å². The molecule has 0 saturated carbocycles. The zero-order valence-electron chi connectivity index (χ0n) is 21.2. The minimum atomic E-state index is 0.316. The molecule has 0 aliphatic rings. The lowest BCUT2D eigenvalue weighted by Gasteiger charge is -2.25. The molecule has 7 aromatic rings. The maximum Gasteiger partial charge on any atom is 0.132 e. The van der Waals surface area contributed by atoms with E-state index in [2.05, 4.69) is 120 Å². The van der Waals surface area contributed by atoms with Crippen molar-refractivity contribution in [2.45, 2.75) is 0 Å². The average Bonchev–Trinajstić information content (AvgIpc) is 3.37. The number of thiophene rings is 1. The molecule has 0 saturated heterocycles. The molecule has 1 N–H and O–H groups in total. The summed E-state index contributed by atoms with van der Waals surface area (Å²) < 4.78 is 2.33. The predicted molar refractivity (Wildman–Crippen MR) is 167 cm³/mol. The highest BCUT2D eigenvalue weighted by Gasteiger charge is 2.20. The summed E-state index contributed by atoms with van der Waals surface area (Å²) in [7, 11) is 0. The van der Waals surface area contributed by atoms with Crippen LogP contribution in [-0.2, 0) is 0 Å². The Bertz CT molecular complexity index is 1850. The van der Waals surface area contributed by atoms with E-state index >= 15 is 0 Å². The van der Waals surface area contributed by atoms with Gasteiger partial charge in [0, 0.05) is 48.4 Å². The van der Waals surface area contributed by atoms with E-state index in [1.54, 1.807) is 11.3 Å². The van der Waals surface area contributed by atoms with Crippen LogP contribution < -0.4 is 4.90 Å². The first kappa shape index (κ1) is 23.3. The molecule has 0 spiro atoms. The Kier molecular flexibility index (Phi) is 5.84. The summed E-state index contributed by atoms with van der Waals surface area (Å²) in [6.45, 7) is 0. The van der Waals surface area contributed by atoms with Crippen molar-refractivity contribution in [2.75, 3.05) is 4.90 Å². The van der Waals surface area contributed by atoms with Crippen molar-refractivity contribution in [3.8, 4) is 28.0 Å². The molecule has 0 atom stereocenters. The smallest absolute Gasteiger partial charge is 0.132 e. The van der Waals surface area contributed by atoms with Crippen LogP contribution in [0, 0.1) is 0 Å². The molecule has 0 fully saturated rings. The van der Waals surface area contributed by atoms with Crippen molar-refractivity contribution in [3.63, 3.8) is 0 Å². The monoisotopic (exact) mass is 519 g/mol. The molecule has 0 aliphatic carbocycles. The normalized spacial score (nSPS) is 11.2. The SMILES string of the molecule is Oc1c(-c2ccc(N(c3ccccc3)c3ccccc3)cc2)cc2c(sc3ccccc32)c1-c1ccccc1. The molecular formula is C36H25NOS. The fourth-order valence-corrected chi connectivity index (χ4v) is 6.58. The number of phenols is 1. The summed E-state index contributed by atoms with van der Waals surface area (Å²) in [6, 6.07) is 50.1. The topological polar surface area (TPSA) is 23.5 Å². The lowest BCUT2D eigenvalue weighted by atomic mass is 9.94. The number of aromatic hydroxyl groups is 1. The maximum absolute atomic E-state index is 11.7. The molecule has 0 radical (unpaired) electrons. The van der Waals surface area contributed by atoms with Crippen LogP contribution in [0.1, 0.15) is 0 Å². The van der Waals surface area contributed by atoms with Gasteiger partial charge in [-0.2, -0.15) is 0 Å². The van der Waals surface area contributed by atoms with E-state index < -0.39 is 0 Å². The third-order valence-electron chi connectivity index (χ3n) is 7.17. The number of hydrogen-bond acceptors (Lipinski definition) is 3. The molecule has 39 heavy (non-hydrogen) atoms. The van der Waals surface area contributed by atoms with Crippen LogP contribution in [0.5, 0.6) is 5.75 Å². The van der Waals surface area contributed by atoms with Crippen LogP contribution in [0.4, 0.5) is 17.1 Å². The molecule has 1 aromatic heterocycles. The number of benzene rings is 6. The van der Waals surface area contributed by atoms with E-state index in [1.807, 2.05) is 30.3 Å². The summed E-state index contributed by atoms with van der Waals surface area (Å²) in [5.41, 5.74) is 6.97. The minimum absolute atomic E-state index is 0.316. The van der Waals surface area contributed by atoms with E-state index in [0.717, 1.165) is 44.0 Å². The third kappa shape index (κ3) is 4.14. The van der Waals surface area contributed by atoms with Gasteiger partial charge in [0.1, 0.15) is 5.75 Å². The zero-order chi connectivity index (χ0) is 26.2. The summed E-state index contributed by atoms with van der Waals surface area (Å²) in [6.07, 6.45) is 0. The number of anilines is 3. The highest BCUT2D eigenvalue weighted by molar-refractivity contribution is 7.26. The lowest BCUT2D eigenvalue weighted by molar-refractivity contribution is 0.480. The van der Waals surface area contributed by atoms with Crippen molar-refractivity contribution in [1.29, 1.82) is 0 Å². The van der Waals surface area contributed by atoms with Gasteiger partial charge in [0.15, 0.2) is 0 Å². The molecule has 3 heteroatoms.